The van der Waals surface area contributed by atoms with Crippen LogP contribution in [0, 0.1) is 11.8 Å². The van der Waals surface area contributed by atoms with Crippen molar-refractivity contribution in [2.45, 2.75) is 39.5 Å². The highest BCUT2D eigenvalue weighted by molar-refractivity contribution is 7.80. The third-order valence-electron chi connectivity index (χ3n) is 4.57. The van der Waals surface area contributed by atoms with Gasteiger partial charge in [0.15, 0.2) is 0 Å². The van der Waals surface area contributed by atoms with Crippen molar-refractivity contribution in [2.24, 2.45) is 11.8 Å². The lowest BCUT2D eigenvalue weighted by Crippen LogP contribution is -2.24. The zero-order chi connectivity index (χ0) is 14.7. The molecule has 1 heteroatoms. The fourth-order valence-corrected chi connectivity index (χ4v) is 3.36. The molecule has 2 unspecified atom stereocenters. The maximum Gasteiger partial charge on any atom is 0.00837 e. The molecule has 0 bridgehead atoms. The minimum Gasteiger partial charge on any atom is -0.0989 e. The number of benzene rings is 1. The van der Waals surface area contributed by atoms with Gasteiger partial charge < -0.3 is 0 Å². The molecule has 1 fully saturated rings. The molecule has 1 saturated carbocycles. The number of thiocarbonyl (C=S) groups is 1. The maximum atomic E-state index is 5.42. The van der Waals surface area contributed by atoms with E-state index in [4.69, 9.17) is 12.2 Å². The van der Waals surface area contributed by atoms with Crippen LogP contribution in [0.3, 0.4) is 0 Å². The summed E-state index contributed by atoms with van der Waals surface area (Å²) in [5, 5.41) is 0. The topological polar surface area (TPSA) is 0 Å². The Bertz CT molecular complexity index is 538. The fraction of sp³-hybridized carbons (Fsp3) is 0.421. The molecule has 2 atom stereocenters. The van der Waals surface area contributed by atoms with Crippen molar-refractivity contribution in [2.75, 3.05) is 0 Å². The summed E-state index contributed by atoms with van der Waals surface area (Å²) in [6.45, 7) is 13.0. The molecular formula is C19H24S. The largest absolute Gasteiger partial charge is 0.0989 e. The maximum absolute atomic E-state index is 5.42. The second-order valence-corrected chi connectivity index (χ2v) is 6.34. The minimum absolute atomic E-state index is 0.387. The molecule has 0 N–H and O–H groups in total. The van der Waals surface area contributed by atoms with Crippen molar-refractivity contribution < 1.29 is 0 Å². The van der Waals surface area contributed by atoms with Crippen LogP contribution >= 0.6 is 12.2 Å². The van der Waals surface area contributed by atoms with Crippen molar-refractivity contribution in [1.29, 1.82) is 0 Å². The predicted molar refractivity (Wildman–Crippen MR) is 93.1 cm³/mol. The Kier molecular flexibility index (Phi) is 4.93. The zero-order valence-electron chi connectivity index (χ0n) is 12.6. The van der Waals surface area contributed by atoms with Gasteiger partial charge in [-0.15, -0.1) is 0 Å². The summed E-state index contributed by atoms with van der Waals surface area (Å²) < 4.78 is 0. The molecule has 1 aliphatic carbocycles. The second-order valence-electron chi connectivity index (χ2n) is 5.82. The fourth-order valence-electron chi connectivity index (χ4n) is 3.09. The molecule has 0 amide bonds. The molecule has 0 saturated heterocycles. The summed E-state index contributed by atoms with van der Waals surface area (Å²) in [4.78, 5) is 1.17. The van der Waals surface area contributed by atoms with E-state index in [0.29, 0.717) is 11.8 Å². The standard InChI is InChI=1S/C19H24S/c1-5-16-8-6-7-9-18(16)13(2)12-17-10-11-19(20)15(4)14(17)3/h6-9,15,17H,2-3,5,10-12H2,1,4H3. The van der Waals surface area contributed by atoms with Crippen LogP contribution in [0.1, 0.15) is 44.2 Å². The number of hydrogen-bond acceptors (Lipinski definition) is 1. The molecule has 0 radical (unpaired) electrons. The minimum atomic E-state index is 0.387. The smallest absolute Gasteiger partial charge is 0.00837 e. The van der Waals surface area contributed by atoms with Crippen molar-refractivity contribution in [1.82, 2.24) is 0 Å². The Morgan fingerprint density at radius 1 is 1.35 bits per heavy atom. The first-order chi connectivity index (χ1) is 9.54. The Balaban J connectivity index is 2.12. The van der Waals surface area contributed by atoms with Gasteiger partial charge in [-0.2, -0.15) is 0 Å². The third-order valence-corrected chi connectivity index (χ3v) is 5.13. The monoisotopic (exact) mass is 284 g/mol. The molecule has 0 spiro atoms. The van der Waals surface area contributed by atoms with E-state index in [0.717, 1.165) is 25.7 Å². The molecule has 2 rings (SSSR count). The van der Waals surface area contributed by atoms with Gasteiger partial charge >= 0.3 is 0 Å². The molecule has 106 valence electrons. The summed E-state index contributed by atoms with van der Waals surface area (Å²) in [6.07, 6.45) is 4.27. The first kappa shape index (κ1) is 15.2. The molecule has 20 heavy (non-hydrogen) atoms. The number of aryl methyl sites for hydroxylation is 1. The lowest BCUT2D eigenvalue weighted by atomic mass is 9.75. The van der Waals surface area contributed by atoms with E-state index in [1.165, 1.54) is 27.1 Å². The average molecular weight is 284 g/mol. The van der Waals surface area contributed by atoms with Gasteiger partial charge in [0, 0.05) is 5.92 Å². The molecule has 0 aliphatic heterocycles. The van der Waals surface area contributed by atoms with Crippen LogP contribution in [0.2, 0.25) is 0 Å². The number of rotatable bonds is 4. The van der Waals surface area contributed by atoms with Crippen LogP contribution in [0.4, 0.5) is 0 Å². The van der Waals surface area contributed by atoms with E-state index in [9.17, 15) is 0 Å². The summed E-state index contributed by atoms with van der Waals surface area (Å²) in [5.74, 6) is 0.923. The molecule has 0 heterocycles. The highest BCUT2D eigenvalue weighted by Crippen LogP contribution is 2.37. The zero-order valence-corrected chi connectivity index (χ0v) is 13.4. The van der Waals surface area contributed by atoms with Crippen LogP contribution in [-0.2, 0) is 6.42 Å². The predicted octanol–water partition coefficient (Wildman–Crippen LogP) is 5.62. The van der Waals surface area contributed by atoms with Gasteiger partial charge in [0.2, 0.25) is 0 Å². The van der Waals surface area contributed by atoms with Crippen molar-refractivity contribution in [3.05, 3.63) is 54.1 Å². The number of hydrogen-bond donors (Lipinski definition) is 0. The molecule has 1 aliphatic rings. The summed E-state index contributed by atoms with van der Waals surface area (Å²) in [5.41, 5.74) is 5.26. The van der Waals surface area contributed by atoms with E-state index in [1.54, 1.807) is 0 Å². The first-order valence-electron chi connectivity index (χ1n) is 7.52. The Morgan fingerprint density at radius 3 is 2.75 bits per heavy atom. The molecule has 0 aromatic heterocycles. The third kappa shape index (κ3) is 3.09. The van der Waals surface area contributed by atoms with Crippen LogP contribution in [-0.4, -0.2) is 4.86 Å². The van der Waals surface area contributed by atoms with Crippen LogP contribution in [0.15, 0.2) is 43.0 Å². The SMILES string of the molecule is C=C(CC1CCC(=S)C(C)C1=C)c1ccccc1CC. The highest BCUT2D eigenvalue weighted by atomic mass is 32.1. The van der Waals surface area contributed by atoms with E-state index in [2.05, 4.69) is 51.3 Å². The van der Waals surface area contributed by atoms with Crippen molar-refractivity contribution >= 4 is 22.7 Å². The lowest BCUT2D eigenvalue weighted by molar-refractivity contribution is 0.522. The van der Waals surface area contributed by atoms with Gasteiger partial charge in [0.25, 0.3) is 0 Å². The van der Waals surface area contributed by atoms with E-state index >= 15 is 0 Å². The lowest BCUT2D eigenvalue weighted by Gasteiger charge is -2.31. The van der Waals surface area contributed by atoms with Gasteiger partial charge in [-0.25, -0.2) is 0 Å². The normalized spacial score (nSPS) is 22.9. The number of allylic oxidation sites excluding steroid dienone is 2. The van der Waals surface area contributed by atoms with Crippen LogP contribution in [0.5, 0.6) is 0 Å². The first-order valence-corrected chi connectivity index (χ1v) is 7.92. The quantitative estimate of drug-likeness (QED) is 0.510. The van der Waals surface area contributed by atoms with Gasteiger partial charge in [0.05, 0.1) is 0 Å². The average Bonchev–Trinajstić information content (AvgIpc) is 2.47. The summed E-state index contributed by atoms with van der Waals surface area (Å²) in [7, 11) is 0. The van der Waals surface area contributed by atoms with Crippen molar-refractivity contribution in [3.63, 3.8) is 0 Å². The molecule has 0 nitrogen and oxygen atoms in total. The van der Waals surface area contributed by atoms with Crippen LogP contribution < -0.4 is 0 Å². The Labute approximate surface area is 128 Å². The molecule has 1 aromatic carbocycles. The van der Waals surface area contributed by atoms with Gasteiger partial charge in [-0.3, -0.25) is 0 Å². The van der Waals surface area contributed by atoms with Crippen molar-refractivity contribution in [3.8, 4) is 0 Å². The van der Waals surface area contributed by atoms with Crippen LogP contribution in [0.25, 0.3) is 5.57 Å². The van der Waals surface area contributed by atoms with Gasteiger partial charge in [0.1, 0.15) is 0 Å². The summed E-state index contributed by atoms with van der Waals surface area (Å²) >= 11 is 5.42. The highest BCUT2D eigenvalue weighted by Gasteiger charge is 2.27. The van der Waals surface area contributed by atoms with E-state index in [1.807, 2.05) is 0 Å². The second kappa shape index (κ2) is 6.49. The van der Waals surface area contributed by atoms with Gasteiger partial charge in [-0.1, -0.05) is 69.1 Å². The summed E-state index contributed by atoms with van der Waals surface area (Å²) in [6, 6.07) is 8.61. The molecular weight excluding hydrogens is 260 g/mol. The Hall–Kier alpha value is -1.21. The molecule has 1 aromatic rings. The van der Waals surface area contributed by atoms with E-state index < -0.39 is 0 Å². The van der Waals surface area contributed by atoms with Gasteiger partial charge in [-0.05, 0) is 53.2 Å². The Morgan fingerprint density at radius 2 is 2.05 bits per heavy atom. The van der Waals surface area contributed by atoms with E-state index in [-0.39, 0.29) is 0 Å².